The minimum atomic E-state index is -0.278. The van der Waals surface area contributed by atoms with Crippen molar-refractivity contribution in [3.8, 4) is 0 Å². The highest BCUT2D eigenvalue weighted by atomic mass is 16.3. The van der Waals surface area contributed by atoms with Crippen LogP contribution < -0.4 is 5.56 Å². The average Bonchev–Trinajstić information content (AvgIpc) is 3.40. The third kappa shape index (κ3) is 4.90. The summed E-state index contributed by atoms with van der Waals surface area (Å²) in [7, 11) is 0. The molecular weight excluding hydrogens is 416 g/mol. The Labute approximate surface area is 193 Å². The number of hydrogen-bond acceptors (Lipinski definition) is 6. The van der Waals surface area contributed by atoms with E-state index in [2.05, 4.69) is 73.0 Å². The Balaban J connectivity index is 1.79. The molecule has 0 saturated heterocycles. The number of H-pyrrole nitrogens is 1. The van der Waals surface area contributed by atoms with Crippen LogP contribution in [0.25, 0.3) is 10.9 Å². The second-order valence-corrected chi connectivity index (χ2v) is 10.0. The summed E-state index contributed by atoms with van der Waals surface area (Å²) >= 11 is 0. The smallest absolute Gasteiger partial charge is 0.252 e. The number of benzene rings is 1. The van der Waals surface area contributed by atoms with E-state index >= 15 is 0 Å². The van der Waals surface area contributed by atoms with Crippen molar-refractivity contribution in [3.05, 3.63) is 75.7 Å². The first-order valence-corrected chi connectivity index (χ1v) is 11.3. The van der Waals surface area contributed by atoms with E-state index in [0.29, 0.717) is 18.7 Å². The molecule has 1 aromatic carbocycles. The molecule has 4 rings (SSSR count). The third-order valence-electron chi connectivity index (χ3n) is 5.81. The highest BCUT2D eigenvalue weighted by molar-refractivity contribution is 5.79. The molecule has 0 saturated carbocycles. The lowest BCUT2D eigenvalue weighted by molar-refractivity contribution is 0.111. The van der Waals surface area contributed by atoms with Gasteiger partial charge in [-0.25, -0.2) is 4.68 Å². The quantitative estimate of drug-likeness (QED) is 0.445. The molecule has 0 bridgehead atoms. The summed E-state index contributed by atoms with van der Waals surface area (Å²) in [6.45, 7) is 13.5. The third-order valence-corrected chi connectivity index (χ3v) is 5.81. The van der Waals surface area contributed by atoms with Crippen molar-refractivity contribution in [1.29, 1.82) is 0 Å². The van der Waals surface area contributed by atoms with Crippen LogP contribution in [0.3, 0.4) is 0 Å². The molecule has 3 heterocycles. The number of hydrogen-bond donors (Lipinski definition) is 1. The molecule has 1 atom stereocenters. The van der Waals surface area contributed by atoms with Crippen molar-refractivity contribution >= 4 is 10.9 Å². The fraction of sp³-hybridized carbons (Fsp3) is 0.440. The number of tetrazole rings is 1. The van der Waals surface area contributed by atoms with Gasteiger partial charge in [0.25, 0.3) is 5.56 Å². The highest BCUT2D eigenvalue weighted by Crippen LogP contribution is 2.32. The van der Waals surface area contributed by atoms with Gasteiger partial charge >= 0.3 is 0 Å². The zero-order valence-electron chi connectivity index (χ0n) is 20.2. The minimum Gasteiger partial charge on any atom is -0.468 e. The summed E-state index contributed by atoms with van der Waals surface area (Å²) in [6, 6.07) is 11.7. The van der Waals surface area contributed by atoms with E-state index in [-0.39, 0.29) is 23.1 Å². The number of nitrogens with zero attached hydrogens (tertiary/aromatic N) is 5. The Morgan fingerprint density at radius 2 is 1.94 bits per heavy atom. The largest absolute Gasteiger partial charge is 0.468 e. The summed E-state index contributed by atoms with van der Waals surface area (Å²) in [5.41, 5.74) is 2.32. The topological polar surface area (TPSA) is 92.8 Å². The second-order valence-electron chi connectivity index (χ2n) is 10.0. The molecule has 3 aromatic heterocycles. The molecule has 0 spiro atoms. The molecule has 4 aromatic rings. The molecule has 0 radical (unpaired) electrons. The van der Waals surface area contributed by atoms with Gasteiger partial charge in [0.05, 0.1) is 24.4 Å². The number of nitrogens with one attached hydrogen (secondary N) is 1. The lowest BCUT2D eigenvalue weighted by atomic mass is 9.98. The van der Waals surface area contributed by atoms with E-state index in [1.165, 1.54) is 0 Å². The maximum atomic E-state index is 13.0. The monoisotopic (exact) mass is 448 g/mol. The van der Waals surface area contributed by atoms with Gasteiger partial charge in [-0.1, -0.05) is 25.5 Å². The maximum Gasteiger partial charge on any atom is 0.252 e. The van der Waals surface area contributed by atoms with Crippen molar-refractivity contribution in [2.75, 3.05) is 0 Å². The predicted molar refractivity (Wildman–Crippen MR) is 128 cm³/mol. The summed E-state index contributed by atoms with van der Waals surface area (Å²) < 4.78 is 7.55. The van der Waals surface area contributed by atoms with Crippen LogP contribution in [0.5, 0.6) is 0 Å². The van der Waals surface area contributed by atoms with E-state index in [9.17, 15) is 4.79 Å². The Bertz CT molecular complexity index is 1280. The Hall–Kier alpha value is -3.26. The van der Waals surface area contributed by atoms with Crippen LogP contribution in [0.15, 0.2) is 51.9 Å². The van der Waals surface area contributed by atoms with Crippen molar-refractivity contribution in [3.63, 3.8) is 0 Å². The van der Waals surface area contributed by atoms with Crippen LogP contribution in [0.1, 0.15) is 63.4 Å². The summed E-state index contributed by atoms with van der Waals surface area (Å²) in [5.74, 6) is 1.79. The van der Waals surface area contributed by atoms with Gasteiger partial charge in [-0.05, 0) is 79.8 Å². The van der Waals surface area contributed by atoms with Crippen LogP contribution >= 0.6 is 0 Å². The number of fused-ring (bicyclic) bond motifs is 1. The molecule has 33 heavy (non-hydrogen) atoms. The maximum absolute atomic E-state index is 13.0. The van der Waals surface area contributed by atoms with E-state index in [1.54, 1.807) is 6.26 Å². The predicted octanol–water partition coefficient (Wildman–Crippen LogP) is 4.57. The minimum absolute atomic E-state index is 0.0892. The Morgan fingerprint density at radius 3 is 2.61 bits per heavy atom. The molecule has 0 aliphatic carbocycles. The van der Waals surface area contributed by atoms with Crippen molar-refractivity contribution in [2.24, 2.45) is 5.92 Å². The number of aromatic amines is 1. The SMILES string of the molecule is Cc1ccc2[nH]c(=O)c(CN(Cc3ccco3)[C@@H](c3nnnn3C(C)(C)C)C(C)C)cc2c1. The number of aryl methyl sites for hydroxylation is 1. The Kier molecular flexibility index (Phi) is 6.21. The summed E-state index contributed by atoms with van der Waals surface area (Å²) in [6.07, 6.45) is 1.67. The molecule has 0 aliphatic heterocycles. The van der Waals surface area contributed by atoms with Crippen LogP contribution in [-0.2, 0) is 18.6 Å². The fourth-order valence-corrected chi connectivity index (χ4v) is 4.30. The number of furan rings is 1. The second kappa shape index (κ2) is 8.94. The van der Waals surface area contributed by atoms with E-state index in [4.69, 9.17) is 4.42 Å². The fourth-order valence-electron chi connectivity index (χ4n) is 4.30. The van der Waals surface area contributed by atoms with Crippen LogP contribution in [0.4, 0.5) is 0 Å². The van der Waals surface area contributed by atoms with E-state index in [0.717, 1.165) is 28.1 Å². The first-order chi connectivity index (χ1) is 15.6. The van der Waals surface area contributed by atoms with Gasteiger partial charge in [-0.15, -0.1) is 5.10 Å². The number of aromatic nitrogens is 5. The lowest BCUT2D eigenvalue weighted by Gasteiger charge is -2.34. The van der Waals surface area contributed by atoms with Gasteiger partial charge in [0.1, 0.15) is 5.76 Å². The van der Waals surface area contributed by atoms with Gasteiger partial charge in [0.2, 0.25) is 0 Å². The zero-order chi connectivity index (χ0) is 23.8. The summed E-state index contributed by atoms with van der Waals surface area (Å²) in [4.78, 5) is 18.3. The van der Waals surface area contributed by atoms with Crippen LogP contribution in [-0.4, -0.2) is 30.1 Å². The molecular formula is C25H32N6O2. The highest BCUT2D eigenvalue weighted by Gasteiger charge is 2.33. The van der Waals surface area contributed by atoms with Crippen LogP contribution in [0.2, 0.25) is 0 Å². The molecule has 174 valence electrons. The lowest BCUT2D eigenvalue weighted by Crippen LogP contribution is -2.37. The van der Waals surface area contributed by atoms with Crippen molar-refractivity contribution in [2.45, 2.75) is 66.2 Å². The van der Waals surface area contributed by atoms with Gasteiger partial charge in [0.15, 0.2) is 5.82 Å². The molecule has 1 N–H and O–H groups in total. The first-order valence-electron chi connectivity index (χ1n) is 11.3. The Morgan fingerprint density at radius 1 is 1.15 bits per heavy atom. The standard InChI is InChI=1S/C25H32N6O2/c1-16(2)22(23-27-28-29-31(23)25(4,5)6)30(15-20-8-7-11-33-20)14-19-13-18-12-17(3)9-10-21(18)26-24(19)32/h7-13,16,22H,14-15H2,1-6H3,(H,26,32)/t22-/m1/s1. The van der Waals surface area contributed by atoms with Gasteiger partial charge < -0.3 is 9.40 Å². The molecule has 0 unspecified atom stereocenters. The average molecular weight is 449 g/mol. The molecule has 8 nitrogen and oxygen atoms in total. The van der Waals surface area contributed by atoms with E-state index in [1.807, 2.05) is 35.0 Å². The van der Waals surface area contributed by atoms with Gasteiger partial charge in [-0.2, -0.15) is 0 Å². The number of rotatable bonds is 7. The molecule has 8 heteroatoms. The number of pyridine rings is 1. The molecule has 0 amide bonds. The van der Waals surface area contributed by atoms with Gasteiger partial charge in [0, 0.05) is 17.6 Å². The molecule has 0 fully saturated rings. The summed E-state index contributed by atoms with van der Waals surface area (Å²) in [5, 5.41) is 13.7. The van der Waals surface area contributed by atoms with Crippen LogP contribution in [0, 0.1) is 12.8 Å². The normalized spacial score (nSPS) is 13.3. The first kappa shape index (κ1) is 22.9. The van der Waals surface area contributed by atoms with E-state index < -0.39 is 0 Å². The zero-order valence-corrected chi connectivity index (χ0v) is 20.2. The van der Waals surface area contributed by atoms with Gasteiger partial charge in [-0.3, -0.25) is 9.69 Å². The van der Waals surface area contributed by atoms with Crippen molar-refractivity contribution in [1.82, 2.24) is 30.1 Å². The molecule has 0 aliphatic rings. The van der Waals surface area contributed by atoms with Crippen molar-refractivity contribution < 1.29 is 4.42 Å².